The fourth-order valence-corrected chi connectivity index (χ4v) is 11.5. The average molecular weight is 1270 g/mol. The van der Waals surface area contributed by atoms with Crippen LogP contribution in [-0.4, -0.2) is 96.7 Å². The molecular weight excluding hydrogens is 1140 g/mol. The zero-order valence-corrected chi connectivity index (χ0v) is 57.7. The van der Waals surface area contributed by atoms with Gasteiger partial charge in [-0.25, -0.2) is 9.13 Å². The van der Waals surface area contributed by atoms with Crippen LogP contribution in [0.2, 0.25) is 0 Å². The molecule has 0 aliphatic carbocycles. The summed E-state index contributed by atoms with van der Waals surface area (Å²) in [5.74, 6) is 0.842. The molecule has 0 saturated heterocycles. The molecule has 510 valence electrons. The van der Waals surface area contributed by atoms with Gasteiger partial charge in [0.25, 0.3) is 0 Å². The molecule has 0 rings (SSSR count). The number of unbranched alkanes of at least 4 members (excludes halogenated alkanes) is 28. The van der Waals surface area contributed by atoms with Crippen LogP contribution < -0.4 is 0 Å². The maximum absolute atomic E-state index is 13.0. The number of ether oxygens (including phenoxy) is 4. The Hall–Kier alpha value is -1.94. The van der Waals surface area contributed by atoms with Gasteiger partial charge in [-0.05, 0) is 49.4 Å². The van der Waals surface area contributed by atoms with Gasteiger partial charge in [0.2, 0.25) is 0 Å². The van der Waals surface area contributed by atoms with Crippen LogP contribution in [0, 0.1) is 23.7 Å². The molecule has 5 unspecified atom stereocenters. The second-order valence-electron chi connectivity index (χ2n) is 25.6. The minimum absolute atomic E-state index is 0.102. The first kappa shape index (κ1) is 84.1. The van der Waals surface area contributed by atoms with E-state index in [-0.39, 0.29) is 25.7 Å². The predicted octanol–water partition coefficient (Wildman–Crippen LogP) is 18.5. The van der Waals surface area contributed by atoms with E-state index in [9.17, 15) is 43.2 Å². The number of aliphatic hydroxyl groups is 1. The first-order chi connectivity index (χ1) is 41.2. The molecule has 0 spiro atoms. The van der Waals surface area contributed by atoms with Crippen molar-refractivity contribution in [1.29, 1.82) is 0 Å². The van der Waals surface area contributed by atoms with Crippen LogP contribution in [-0.2, 0) is 65.4 Å². The van der Waals surface area contributed by atoms with E-state index in [1.54, 1.807) is 0 Å². The third kappa shape index (κ3) is 58.4. The van der Waals surface area contributed by atoms with E-state index >= 15 is 0 Å². The Bertz CT molecular complexity index is 1720. The van der Waals surface area contributed by atoms with Gasteiger partial charge in [-0.1, -0.05) is 274 Å². The van der Waals surface area contributed by atoms with Crippen molar-refractivity contribution in [3.63, 3.8) is 0 Å². The third-order valence-corrected chi connectivity index (χ3v) is 17.9. The number of carbonyl (C=O) groups excluding carboxylic acids is 4. The first-order valence-electron chi connectivity index (χ1n) is 34.8. The Morgan fingerprint density at radius 2 is 0.558 bits per heavy atom. The van der Waals surface area contributed by atoms with Crippen LogP contribution in [0.1, 0.15) is 325 Å². The van der Waals surface area contributed by atoms with Gasteiger partial charge in [0, 0.05) is 25.7 Å². The summed E-state index contributed by atoms with van der Waals surface area (Å²) >= 11 is 0. The molecule has 0 aromatic rings. The number of esters is 4. The lowest BCUT2D eigenvalue weighted by atomic mass is 9.99. The number of rotatable bonds is 64. The van der Waals surface area contributed by atoms with Gasteiger partial charge in [0.05, 0.1) is 26.4 Å². The lowest BCUT2D eigenvalue weighted by molar-refractivity contribution is -0.161. The summed E-state index contributed by atoms with van der Waals surface area (Å²) in [5.41, 5.74) is 0. The highest BCUT2D eigenvalue weighted by Gasteiger charge is 2.30. The maximum Gasteiger partial charge on any atom is 0.472 e. The van der Waals surface area contributed by atoms with Crippen molar-refractivity contribution < 1.29 is 80.2 Å². The molecule has 0 aliphatic heterocycles. The summed E-state index contributed by atoms with van der Waals surface area (Å²) < 4.78 is 68.1. The molecule has 0 bridgehead atoms. The van der Waals surface area contributed by atoms with Gasteiger partial charge in [-0.3, -0.25) is 37.3 Å². The summed E-state index contributed by atoms with van der Waals surface area (Å²) in [6, 6.07) is 0. The number of hydrogen-bond donors (Lipinski definition) is 3. The van der Waals surface area contributed by atoms with E-state index in [2.05, 4.69) is 55.4 Å². The molecular formula is C67H130O17P2. The second kappa shape index (κ2) is 57.0. The molecule has 0 heterocycles. The van der Waals surface area contributed by atoms with Gasteiger partial charge < -0.3 is 33.8 Å². The number of carbonyl (C=O) groups is 4. The standard InChI is InChI=1S/C67H130O17P2/c1-9-59(7)45-37-29-21-13-11-12-14-23-31-39-47-64(69)77-53-62(83-66(71)49-41-33-24-16-15-22-30-38-46-60(8)10-2)55-81-85(73,74)79-51-61(68)52-80-86(75,76)82-56-63(84-67(72)50-42-34-26-18-20-28-36-44-58(5)6)54-78-65(70)48-40-32-25-17-19-27-35-43-57(3)4/h57-63,68H,9-56H2,1-8H3,(H,73,74)(H,75,76)/t59?,60?,61?,62-,63-/m1/s1. The quantitative estimate of drug-likeness (QED) is 0.0222. The molecule has 0 aliphatic rings. The summed E-state index contributed by atoms with van der Waals surface area (Å²) in [6.07, 6.45) is 37.6. The Labute approximate surface area is 524 Å². The number of phosphoric acid groups is 2. The molecule has 3 N–H and O–H groups in total. The monoisotopic (exact) mass is 1270 g/mol. The Balaban J connectivity index is 5.26. The molecule has 86 heavy (non-hydrogen) atoms. The zero-order valence-electron chi connectivity index (χ0n) is 55.9. The topological polar surface area (TPSA) is 237 Å². The zero-order chi connectivity index (χ0) is 63.9. The summed E-state index contributed by atoms with van der Waals surface area (Å²) in [7, 11) is -9.90. The van der Waals surface area contributed by atoms with E-state index in [0.717, 1.165) is 108 Å². The highest BCUT2D eigenvalue weighted by Crippen LogP contribution is 2.45. The van der Waals surface area contributed by atoms with Gasteiger partial charge >= 0.3 is 39.5 Å². The van der Waals surface area contributed by atoms with Crippen LogP contribution in [0.4, 0.5) is 0 Å². The predicted molar refractivity (Wildman–Crippen MR) is 344 cm³/mol. The van der Waals surface area contributed by atoms with Crippen LogP contribution in [0.15, 0.2) is 0 Å². The fourth-order valence-electron chi connectivity index (χ4n) is 9.89. The summed E-state index contributed by atoms with van der Waals surface area (Å²) in [5, 5.41) is 10.6. The molecule has 17 nitrogen and oxygen atoms in total. The average Bonchev–Trinajstić information content (AvgIpc) is 3.68. The maximum atomic E-state index is 13.0. The van der Waals surface area contributed by atoms with E-state index in [0.29, 0.717) is 37.5 Å². The van der Waals surface area contributed by atoms with Gasteiger partial charge in [-0.15, -0.1) is 0 Å². The molecule has 0 aromatic carbocycles. The van der Waals surface area contributed by atoms with Crippen molar-refractivity contribution in [1.82, 2.24) is 0 Å². The smallest absolute Gasteiger partial charge is 0.462 e. The molecule has 0 aromatic heterocycles. The van der Waals surface area contributed by atoms with E-state index in [1.807, 2.05) is 0 Å². The van der Waals surface area contributed by atoms with Gasteiger partial charge in [0.15, 0.2) is 12.2 Å². The van der Waals surface area contributed by atoms with Gasteiger partial charge in [-0.2, -0.15) is 0 Å². The Morgan fingerprint density at radius 1 is 0.326 bits per heavy atom. The molecule has 0 amide bonds. The van der Waals surface area contributed by atoms with Crippen LogP contribution in [0.3, 0.4) is 0 Å². The van der Waals surface area contributed by atoms with Crippen molar-refractivity contribution >= 4 is 39.5 Å². The number of hydrogen-bond acceptors (Lipinski definition) is 15. The molecule has 0 radical (unpaired) electrons. The minimum Gasteiger partial charge on any atom is -0.462 e. The molecule has 0 fully saturated rings. The van der Waals surface area contributed by atoms with Crippen molar-refractivity contribution in [2.24, 2.45) is 23.7 Å². The second-order valence-corrected chi connectivity index (χ2v) is 28.6. The molecule has 19 heteroatoms. The van der Waals surface area contributed by atoms with Crippen molar-refractivity contribution in [2.75, 3.05) is 39.6 Å². The van der Waals surface area contributed by atoms with Crippen molar-refractivity contribution in [3.05, 3.63) is 0 Å². The van der Waals surface area contributed by atoms with Gasteiger partial charge in [0.1, 0.15) is 19.3 Å². The molecule has 0 saturated carbocycles. The first-order valence-corrected chi connectivity index (χ1v) is 37.8. The van der Waals surface area contributed by atoms with Crippen LogP contribution in [0.5, 0.6) is 0 Å². The normalized spacial score (nSPS) is 15.0. The third-order valence-electron chi connectivity index (χ3n) is 16.0. The van der Waals surface area contributed by atoms with Crippen LogP contribution in [0.25, 0.3) is 0 Å². The highest BCUT2D eigenvalue weighted by atomic mass is 31.2. The largest absolute Gasteiger partial charge is 0.472 e. The van der Waals surface area contributed by atoms with E-state index < -0.39 is 97.5 Å². The lowest BCUT2D eigenvalue weighted by Gasteiger charge is -2.21. The fraction of sp³-hybridized carbons (Fsp3) is 0.940. The van der Waals surface area contributed by atoms with Crippen molar-refractivity contribution in [2.45, 2.75) is 343 Å². The van der Waals surface area contributed by atoms with E-state index in [4.69, 9.17) is 37.0 Å². The highest BCUT2D eigenvalue weighted by molar-refractivity contribution is 7.47. The van der Waals surface area contributed by atoms with Crippen LogP contribution >= 0.6 is 15.6 Å². The van der Waals surface area contributed by atoms with Crippen molar-refractivity contribution in [3.8, 4) is 0 Å². The number of phosphoric ester groups is 2. The minimum atomic E-state index is -4.95. The van der Waals surface area contributed by atoms with E-state index in [1.165, 1.54) is 122 Å². The lowest BCUT2D eigenvalue weighted by Crippen LogP contribution is -2.30. The SMILES string of the molecule is CCC(C)CCCCCCCCCCCCC(=O)OC[C@H](COP(=O)(O)OCC(O)COP(=O)(O)OC[C@@H](COC(=O)CCCCCCCCCC(C)C)OC(=O)CCCCCCCCCC(C)C)OC(=O)CCCCCCCCCCC(C)CC. The summed E-state index contributed by atoms with van der Waals surface area (Å²) in [6.45, 7) is 14.0. The Morgan fingerprint density at radius 3 is 0.826 bits per heavy atom. The molecule has 7 atom stereocenters. The number of aliphatic hydroxyl groups excluding tert-OH is 1. The summed E-state index contributed by atoms with van der Waals surface area (Å²) in [4.78, 5) is 72.4. The Kier molecular flexibility index (Phi) is 55.7.